The van der Waals surface area contributed by atoms with Crippen LogP contribution in [0.15, 0.2) is 23.9 Å². The Balaban J connectivity index is 1.91. The first-order valence-corrected chi connectivity index (χ1v) is 9.82. The molecule has 28 heavy (non-hydrogen) atoms. The number of nitrogens with zero attached hydrogens (tertiary/aromatic N) is 4. The fraction of sp³-hybridized carbons (Fsp3) is 0.476. The number of allylic oxidation sites excluding steroid dienone is 1. The molecule has 1 atom stereocenters. The molecule has 3 N–H and O–H groups in total. The number of piperidine rings is 1. The maximum atomic E-state index is 5.95. The minimum atomic E-state index is 0.333. The molecule has 2 aromatic rings. The lowest BCUT2D eigenvalue weighted by Crippen LogP contribution is -2.42. The number of hydrogen-bond donors (Lipinski definition) is 2. The lowest BCUT2D eigenvalue weighted by atomic mass is 10.0. The van der Waals surface area contributed by atoms with Gasteiger partial charge in [-0.2, -0.15) is 0 Å². The number of nitrogens with one attached hydrogen (secondary N) is 1. The minimum Gasteiger partial charge on any atom is -0.497 e. The van der Waals surface area contributed by atoms with E-state index in [4.69, 9.17) is 15.5 Å². The number of ether oxygens (including phenoxy) is 1. The molecular weight excluding hydrogens is 352 g/mol. The van der Waals surface area contributed by atoms with Gasteiger partial charge in [-0.25, -0.2) is 4.98 Å². The summed E-state index contributed by atoms with van der Waals surface area (Å²) in [5.41, 5.74) is 10.1. The van der Waals surface area contributed by atoms with Gasteiger partial charge in [-0.1, -0.05) is 6.92 Å². The van der Waals surface area contributed by atoms with Gasteiger partial charge in [-0.3, -0.25) is 0 Å². The van der Waals surface area contributed by atoms with Gasteiger partial charge < -0.3 is 20.7 Å². The second kappa shape index (κ2) is 9.01. The van der Waals surface area contributed by atoms with Crippen LogP contribution in [0.25, 0.3) is 17.3 Å². The number of aromatic nitrogens is 3. The van der Waals surface area contributed by atoms with E-state index in [0.29, 0.717) is 29.1 Å². The maximum absolute atomic E-state index is 5.95. The zero-order valence-electron chi connectivity index (χ0n) is 17.2. The molecule has 0 saturated carbocycles. The highest BCUT2D eigenvalue weighted by Crippen LogP contribution is 2.28. The second-order valence-corrected chi connectivity index (χ2v) is 7.32. The van der Waals surface area contributed by atoms with Crippen LogP contribution in [0.4, 0.5) is 5.95 Å². The van der Waals surface area contributed by atoms with Crippen LogP contribution in [0, 0.1) is 6.92 Å². The number of likely N-dealkylation sites (N-methyl/N-ethyl adjacent to an activating group) is 1. The predicted molar refractivity (Wildman–Crippen MR) is 113 cm³/mol. The summed E-state index contributed by atoms with van der Waals surface area (Å²) in [4.78, 5) is 7.17. The van der Waals surface area contributed by atoms with Crippen LogP contribution in [0.5, 0.6) is 5.75 Å². The number of methoxy groups -OCH3 is 1. The Morgan fingerprint density at radius 2 is 2.21 bits per heavy atom. The van der Waals surface area contributed by atoms with Gasteiger partial charge >= 0.3 is 0 Å². The van der Waals surface area contributed by atoms with E-state index in [1.807, 2.05) is 38.1 Å². The van der Waals surface area contributed by atoms with Crippen molar-refractivity contribution in [2.24, 2.45) is 5.73 Å². The van der Waals surface area contributed by atoms with Gasteiger partial charge in [0.25, 0.3) is 0 Å². The molecule has 1 saturated heterocycles. The quantitative estimate of drug-likeness (QED) is 0.793. The molecule has 1 aromatic heterocycles. The fourth-order valence-electron chi connectivity index (χ4n) is 3.58. The molecule has 2 heterocycles. The van der Waals surface area contributed by atoms with Crippen molar-refractivity contribution < 1.29 is 4.74 Å². The van der Waals surface area contributed by atoms with Crippen molar-refractivity contribution in [3.63, 3.8) is 0 Å². The molecule has 1 aliphatic rings. The van der Waals surface area contributed by atoms with Crippen LogP contribution < -0.4 is 15.8 Å². The summed E-state index contributed by atoms with van der Waals surface area (Å²) in [6.07, 6.45) is 4.13. The summed E-state index contributed by atoms with van der Waals surface area (Å²) in [5.74, 6) is 1.36. The van der Waals surface area contributed by atoms with E-state index in [1.165, 1.54) is 6.42 Å². The number of rotatable bonds is 6. The maximum Gasteiger partial charge on any atom is 0.243 e. The number of aryl methyl sites for hydroxylation is 1. The Kier molecular flexibility index (Phi) is 6.46. The predicted octanol–water partition coefficient (Wildman–Crippen LogP) is 3.07. The molecule has 1 unspecified atom stereocenters. The van der Waals surface area contributed by atoms with E-state index in [2.05, 4.69) is 27.3 Å². The third-order valence-corrected chi connectivity index (χ3v) is 5.05. The third-order valence-electron chi connectivity index (χ3n) is 5.05. The number of benzene rings is 1. The second-order valence-electron chi connectivity index (χ2n) is 7.32. The Bertz CT molecular complexity index is 847. The van der Waals surface area contributed by atoms with Crippen LogP contribution in [0.2, 0.25) is 0 Å². The van der Waals surface area contributed by atoms with Gasteiger partial charge in [0.15, 0.2) is 0 Å². The zero-order valence-corrected chi connectivity index (χ0v) is 17.2. The summed E-state index contributed by atoms with van der Waals surface area (Å²) in [7, 11) is 1.66. The lowest BCUT2D eigenvalue weighted by Gasteiger charge is -2.32. The number of hydrogen-bond acceptors (Lipinski definition) is 7. The first-order valence-electron chi connectivity index (χ1n) is 9.82. The summed E-state index contributed by atoms with van der Waals surface area (Å²) in [6.45, 7) is 9.28. The Morgan fingerprint density at radius 1 is 1.39 bits per heavy atom. The number of anilines is 1. The molecule has 150 valence electrons. The highest BCUT2D eigenvalue weighted by atomic mass is 16.5. The van der Waals surface area contributed by atoms with Crippen LogP contribution in [-0.2, 0) is 0 Å². The fourth-order valence-corrected chi connectivity index (χ4v) is 3.58. The third kappa shape index (κ3) is 4.78. The van der Waals surface area contributed by atoms with Crippen molar-refractivity contribution in [3.05, 3.63) is 35.2 Å². The molecule has 1 aliphatic heterocycles. The molecule has 7 heteroatoms. The molecule has 7 nitrogen and oxygen atoms in total. The van der Waals surface area contributed by atoms with Gasteiger partial charge in [0.05, 0.1) is 12.8 Å². The highest BCUT2D eigenvalue weighted by molar-refractivity contribution is 5.73. The molecule has 0 bridgehead atoms. The van der Waals surface area contributed by atoms with Gasteiger partial charge in [-0.15, -0.1) is 10.2 Å². The molecule has 1 aromatic carbocycles. The first-order chi connectivity index (χ1) is 13.5. The minimum absolute atomic E-state index is 0.333. The lowest BCUT2D eigenvalue weighted by molar-refractivity contribution is 0.226. The van der Waals surface area contributed by atoms with Crippen molar-refractivity contribution >= 4 is 12.0 Å². The van der Waals surface area contributed by atoms with Crippen molar-refractivity contribution in [2.45, 2.75) is 39.7 Å². The molecule has 0 amide bonds. The Labute approximate surface area is 167 Å². The summed E-state index contributed by atoms with van der Waals surface area (Å²) >= 11 is 0. The van der Waals surface area contributed by atoms with E-state index in [1.54, 1.807) is 7.11 Å². The van der Waals surface area contributed by atoms with Crippen LogP contribution in [0.1, 0.15) is 37.9 Å². The summed E-state index contributed by atoms with van der Waals surface area (Å²) in [5, 5.41) is 12.3. The van der Waals surface area contributed by atoms with Gasteiger partial charge in [0.2, 0.25) is 5.95 Å². The van der Waals surface area contributed by atoms with E-state index in [9.17, 15) is 0 Å². The summed E-state index contributed by atoms with van der Waals surface area (Å²) in [6, 6.07) is 6.21. The van der Waals surface area contributed by atoms with Crippen molar-refractivity contribution in [1.29, 1.82) is 0 Å². The largest absolute Gasteiger partial charge is 0.497 e. The van der Waals surface area contributed by atoms with Gasteiger partial charge in [0, 0.05) is 23.8 Å². The monoisotopic (exact) mass is 382 g/mol. The van der Waals surface area contributed by atoms with Gasteiger partial charge in [-0.05, 0) is 69.6 Å². The van der Waals surface area contributed by atoms with E-state index >= 15 is 0 Å². The topological polar surface area (TPSA) is 89.2 Å². The molecule has 1 fully saturated rings. The first kappa shape index (κ1) is 20.1. The van der Waals surface area contributed by atoms with E-state index < -0.39 is 0 Å². The van der Waals surface area contributed by atoms with Crippen LogP contribution >= 0.6 is 0 Å². The van der Waals surface area contributed by atoms with Gasteiger partial charge in [0.1, 0.15) is 11.4 Å². The molecule has 0 aliphatic carbocycles. The smallest absolute Gasteiger partial charge is 0.243 e. The normalized spacial score (nSPS) is 18.1. The average molecular weight is 383 g/mol. The van der Waals surface area contributed by atoms with E-state index in [0.717, 1.165) is 42.9 Å². The molecule has 0 spiro atoms. The Morgan fingerprint density at radius 3 is 2.89 bits per heavy atom. The zero-order chi connectivity index (χ0) is 20.1. The van der Waals surface area contributed by atoms with Crippen molar-refractivity contribution in [2.75, 3.05) is 32.1 Å². The van der Waals surface area contributed by atoms with Crippen molar-refractivity contribution in [3.8, 4) is 17.0 Å². The molecule has 3 rings (SSSR count). The Hall–Kier alpha value is -2.67. The number of likely N-dealkylation sites (tertiary alicyclic amines) is 1. The standard InChI is InChI=1S/C21H30N6O/c1-5-27-10-6-7-16(13-27)23-21-24-19(12-15(3)22)20(25-26-21)18-9-8-17(28-4)11-14(18)2/h8-9,11-12,16H,5-7,10,13,22H2,1-4H3,(H,23,24,26). The molecule has 0 radical (unpaired) electrons. The van der Waals surface area contributed by atoms with Crippen LogP contribution in [-0.4, -0.2) is 52.9 Å². The molecular formula is C21H30N6O. The number of nitrogens with two attached hydrogens (primary N) is 1. The summed E-state index contributed by atoms with van der Waals surface area (Å²) < 4.78 is 5.30. The average Bonchev–Trinajstić information content (AvgIpc) is 2.68. The highest BCUT2D eigenvalue weighted by Gasteiger charge is 2.20. The van der Waals surface area contributed by atoms with Crippen LogP contribution in [0.3, 0.4) is 0 Å². The van der Waals surface area contributed by atoms with Crippen molar-refractivity contribution in [1.82, 2.24) is 20.1 Å². The van der Waals surface area contributed by atoms with E-state index in [-0.39, 0.29) is 0 Å². The SMILES string of the molecule is CCN1CCCC(Nc2nnc(-c3ccc(OC)cc3C)c(C=C(C)N)n2)C1.